The molecule has 19 heavy (non-hydrogen) atoms. The van der Waals surface area contributed by atoms with Gasteiger partial charge >= 0.3 is 0 Å². The molecule has 2 aromatic rings. The van der Waals surface area contributed by atoms with Crippen molar-refractivity contribution >= 4 is 11.6 Å². The SMILES string of the molecule is C/C(=N/NC(=O)Cc1ccccc1)c1cccnc1. The van der Waals surface area contributed by atoms with Crippen molar-refractivity contribution in [3.05, 3.63) is 66.0 Å². The minimum Gasteiger partial charge on any atom is -0.273 e. The van der Waals surface area contributed by atoms with Crippen molar-refractivity contribution in [3.63, 3.8) is 0 Å². The summed E-state index contributed by atoms with van der Waals surface area (Å²) < 4.78 is 0. The van der Waals surface area contributed by atoms with E-state index in [4.69, 9.17) is 0 Å². The molecule has 1 amide bonds. The number of nitrogens with one attached hydrogen (secondary N) is 1. The van der Waals surface area contributed by atoms with E-state index in [-0.39, 0.29) is 5.91 Å². The van der Waals surface area contributed by atoms with E-state index in [1.54, 1.807) is 12.4 Å². The van der Waals surface area contributed by atoms with Gasteiger partial charge in [0.25, 0.3) is 0 Å². The van der Waals surface area contributed by atoms with E-state index >= 15 is 0 Å². The van der Waals surface area contributed by atoms with Gasteiger partial charge in [-0.3, -0.25) is 9.78 Å². The molecular weight excluding hydrogens is 238 g/mol. The maximum atomic E-state index is 11.7. The smallest absolute Gasteiger partial charge is 0.244 e. The Morgan fingerprint density at radius 3 is 2.68 bits per heavy atom. The first-order chi connectivity index (χ1) is 9.25. The highest BCUT2D eigenvalue weighted by molar-refractivity contribution is 5.98. The topological polar surface area (TPSA) is 54.4 Å². The monoisotopic (exact) mass is 253 g/mol. The molecule has 0 atom stereocenters. The summed E-state index contributed by atoms with van der Waals surface area (Å²) in [6, 6.07) is 13.3. The first-order valence-electron chi connectivity index (χ1n) is 6.03. The van der Waals surface area contributed by atoms with Gasteiger partial charge in [-0.25, -0.2) is 5.43 Å². The zero-order valence-electron chi connectivity index (χ0n) is 10.7. The third kappa shape index (κ3) is 4.03. The molecule has 0 aliphatic carbocycles. The Hall–Kier alpha value is -2.49. The number of hydrazone groups is 1. The zero-order valence-corrected chi connectivity index (χ0v) is 10.7. The van der Waals surface area contributed by atoms with Crippen LogP contribution in [0.25, 0.3) is 0 Å². The summed E-state index contributed by atoms with van der Waals surface area (Å²) in [6.45, 7) is 1.83. The van der Waals surface area contributed by atoms with E-state index < -0.39 is 0 Å². The van der Waals surface area contributed by atoms with Crippen molar-refractivity contribution in [2.24, 2.45) is 5.10 Å². The summed E-state index contributed by atoms with van der Waals surface area (Å²) in [5.74, 6) is -0.130. The Kier molecular flexibility index (Phi) is 4.39. The summed E-state index contributed by atoms with van der Waals surface area (Å²) in [5.41, 5.74) is 5.14. The van der Waals surface area contributed by atoms with Crippen molar-refractivity contribution < 1.29 is 4.79 Å². The molecule has 0 radical (unpaired) electrons. The summed E-state index contributed by atoms with van der Waals surface area (Å²) in [6.07, 6.45) is 3.73. The Balaban J connectivity index is 1.93. The number of rotatable bonds is 4. The zero-order chi connectivity index (χ0) is 13.5. The summed E-state index contributed by atoms with van der Waals surface area (Å²) >= 11 is 0. The lowest BCUT2D eigenvalue weighted by molar-refractivity contribution is -0.120. The molecule has 0 unspecified atom stereocenters. The lowest BCUT2D eigenvalue weighted by Gasteiger charge is -2.02. The lowest BCUT2D eigenvalue weighted by Crippen LogP contribution is -2.21. The third-order valence-corrected chi connectivity index (χ3v) is 2.64. The van der Waals surface area contributed by atoms with Crippen LogP contribution in [0.4, 0.5) is 0 Å². The minimum absolute atomic E-state index is 0.130. The molecule has 1 heterocycles. The van der Waals surface area contributed by atoms with E-state index in [2.05, 4.69) is 15.5 Å². The van der Waals surface area contributed by atoms with Gasteiger partial charge in [-0.1, -0.05) is 36.4 Å². The van der Waals surface area contributed by atoms with E-state index in [0.717, 1.165) is 16.8 Å². The van der Waals surface area contributed by atoms with Crippen LogP contribution in [-0.4, -0.2) is 16.6 Å². The highest BCUT2D eigenvalue weighted by atomic mass is 16.2. The van der Waals surface area contributed by atoms with Crippen molar-refractivity contribution in [1.29, 1.82) is 0 Å². The molecule has 0 aliphatic rings. The summed E-state index contributed by atoms with van der Waals surface area (Å²) in [4.78, 5) is 15.7. The first-order valence-corrected chi connectivity index (χ1v) is 6.03. The van der Waals surface area contributed by atoms with E-state index in [1.165, 1.54) is 0 Å². The molecule has 0 spiro atoms. The largest absolute Gasteiger partial charge is 0.273 e. The third-order valence-electron chi connectivity index (χ3n) is 2.64. The van der Waals surface area contributed by atoms with E-state index in [1.807, 2.05) is 49.4 Å². The van der Waals surface area contributed by atoms with Gasteiger partial charge in [0.05, 0.1) is 12.1 Å². The van der Waals surface area contributed by atoms with Gasteiger partial charge in [0, 0.05) is 18.0 Å². The lowest BCUT2D eigenvalue weighted by atomic mass is 10.1. The molecule has 1 aromatic heterocycles. The highest BCUT2D eigenvalue weighted by Crippen LogP contribution is 2.00. The van der Waals surface area contributed by atoms with Crippen LogP contribution < -0.4 is 5.43 Å². The Labute approximate surface area is 112 Å². The number of carbonyl (C=O) groups is 1. The number of aromatic nitrogens is 1. The Morgan fingerprint density at radius 2 is 2.00 bits per heavy atom. The molecule has 1 aromatic carbocycles. The number of benzene rings is 1. The molecule has 96 valence electrons. The Bertz CT molecular complexity index is 564. The second-order valence-electron chi connectivity index (χ2n) is 4.14. The number of amides is 1. The predicted octanol–water partition coefficient (Wildman–Crippen LogP) is 2.16. The fourth-order valence-corrected chi connectivity index (χ4v) is 1.61. The van der Waals surface area contributed by atoms with Crippen LogP contribution in [-0.2, 0) is 11.2 Å². The molecule has 4 nitrogen and oxygen atoms in total. The van der Waals surface area contributed by atoms with E-state index in [0.29, 0.717) is 6.42 Å². The molecule has 0 bridgehead atoms. The van der Waals surface area contributed by atoms with Gasteiger partial charge in [-0.2, -0.15) is 5.10 Å². The van der Waals surface area contributed by atoms with Crippen LogP contribution in [0.3, 0.4) is 0 Å². The second kappa shape index (κ2) is 6.44. The number of hydrogen-bond donors (Lipinski definition) is 1. The maximum Gasteiger partial charge on any atom is 0.244 e. The molecule has 1 N–H and O–H groups in total. The fourth-order valence-electron chi connectivity index (χ4n) is 1.61. The minimum atomic E-state index is -0.130. The van der Waals surface area contributed by atoms with Crippen molar-refractivity contribution in [1.82, 2.24) is 10.4 Å². The molecule has 2 rings (SSSR count). The van der Waals surface area contributed by atoms with Crippen LogP contribution in [0.2, 0.25) is 0 Å². The van der Waals surface area contributed by atoms with Crippen LogP contribution in [0.1, 0.15) is 18.1 Å². The van der Waals surface area contributed by atoms with Gasteiger partial charge in [0.15, 0.2) is 0 Å². The van der Waals surface area contributed by atoms with Gasteiger partial charge < -0.3 is 0 Å². The van der Waals surface area contributed by atoms with Gasteiger partial charge in [0.1, 0.15) is 0 Å². The standard InChI is InChI=1S/C15H15N3O/c1-12(14-8-5-9-16-11-14)17-18-15(19)10-13-6-3-2-4-7-13/h2-9,11H,10H2,1H3,(H,18,19)/b17-12-. The second-order valence-corrected chi connectivity index (χ2v) is 4.14. The fraction of sp³-hybridized carbons (Fsp3) is 0.133. The molecule has 4 heteroatoms. The average molecular weight is 253 g/mol. The van der Waals surface area contributed by atoms with Gasteiger partial charge in [-0.05, 0) is 18.6 Å². The Morgan fingerprint density at radius 1 is 1.21 bits per heavy atom. The molecular formula is C15H15N3O. The quantitative estimate of drug-likeness (QED) is 0.670. The van der Waals surface area contributed by atoms with Gasteiger partial charge in [-0.15, -0.1) is 0 Å². The number of hydrogen-bond acceptors (Lipinski definition) is 3. The van der Waals surface area contributed by atoms with Crippen molar-refractivity contribution in [3.8, 4) is 0 Å². The van der Waals surface area contributed by atoms with Crippen LogP contribution >= 0.6 is 0 Å². The van der Waals surface area contributed by atoms with E-state index in [9.17, 15) is 4.79 Å². The molecule has 0 saturated carbocycles. The predicted molar refractivity (Wildman–Crippen MR) is 74.7 cm³/mol. The van der Waals surface area contributed by atoms with Crippen molar-refractivity contribution in [2.75, 3.05) is 0 Å². The van der Waals surface area contributed by atoms with Crippen LogP contribution in [0.5, 0.6) is 0 Å². The molecule has 0 aliphatic heterocycles. The first kappa shape index (κ1) is 13.0. The van der Waals surface area contributed by atoms with Crippen molar-refractivity contribution in [2.45, 2.75) is 13.3 Å². The number of carbonyl (C=O) groups excluding carboxylic acids is 1. The summed E-state index contributed by atoms with van der Waals surface area (Å²) in [7, 11) is 0. The van der Waals surface area contributed by atoms with Gasteiger partial charge in [0.2, 0.25) is 5.91 Å². The number of nitrogens with zero attached hydrogens (tertiary/aromatic N) is 2. The number of pyridine rings is 1. The van der Waals surface area contributed by atoms with Crippen LogP contribution in [0.15, 0.2) is 60.0 Å². The molecule has 0 fully saturated rings. The average Bonchev–Trinajstić information content (AvgIpc) is 2.47. The molecule has 0 saturated heterocycles. The summed E-state index contributed by atoms with van der Waals surface area (Å²) in [5, 5.41) is 4.07. The van der Waals surface area contributed by atoms with Crippen LogP contribution in [0, 0.1) is 0 Å². The maximum absolute atomic E-state index is 11.7. The highest BCUT2D eigenvalue weighted by Gasteiger charge is 2.02. The normalized spacial score (nSPS) is 11.1.